The highest BCUT2D eigenvalue weighted by Gasteiger charge is 2.11. The van der Waals surface area contributed by atoms with Gasteiger partial charge in [-0.2, -0.15) is 0 Å². The van der Waals surface area contributed by atoms with Gasteiger partial charge in [0.25, 0.3) is 0 Å². The minimum Gasteiger partial charge on any atom is -0.465 e. The molecule has 19 heavy (non-hydrogen) atoms. The van der Waals surface area contributed by atoms with Crippen LogP contribution in [0.1, 0.15) is 16.1 Å². The van der Waals surface area contributed by atoms with Gasteiger partial charge in [0, 0.05) is 17.6 Å². The molecule has 1 heterocycles. The van der Waals surface area contributed by atoms with E-state index in [-0.39, 0.29) is 0 Å². The summed E-state index contributed by atoms with van der Waals surface area (Å²) in [5.41, 5.74) is 1.80. The molecule has 0 aliphatic heterocycles. The fraction of sp³-hybridized carbons (Fsp3) is 0.154. The van der Waals surface area contributed by atoms with Crippen LogP contribution in [0.2, 0.25) is 5.02 Å². The Bertz CT molecular complexity index is 617. The van der Waals surface area contributed by atoms with Crippen LogP contribution in [0.3, 0.4) is 0 Å². The lowest BCUT2D eigenvalue weighted by Gasteiger charge is -2.08. The molecule has 0 unspecified atom stereocenters. The van der Waals surface area contributed by atoms with E-state index in [2.05, 4.69) is 20.0 Å². The maximum atomic E-state index is 11.5. The molecule has 0 aliphatic rings. The predicted molar refractivity (Wildman–Crippen MR) is 72.8 cm³/mol. The molecule has 0 bridgehead atoms. The molecule has 1 aromatic heterocycles. The second-order valence-corrected chi connectivity index (χ2v) is 4.24. The monoisotopic (exact) mass is 277 g/mol. The average Bonchev–Trinajstić information content (AvgIpc) is 2.40. The topological polar surface area (TPSA) is 64.1 Å². The van der Waals surface area contributed by atoms with Crippen LogP contribution in [0, 0.1) is 6.92 Å². The fourth-order valence-electron chi connectivity index (χ4n) is 1.51. The summed E-state index contributed by atoms with van der Waals surface area (Å²) in [6, 6.07) is 6.75. The number of carbonyl (C=O) groups is 1. The van der Waals surface area contributed by atoms with E-state index < -0.39 is 5.97 Å². The molecule has 98 valence electrons. The standard InChI is InChI=1S/C13H12ClN3O2/c1-8-5-6-15-13(16-8)17-9-3-4-11(14)10(7-9)12(18)19-2/h3-7H,1-2H3,(H,15,16,17). The molecule has 0 spiro atoms. The molecule has 1 aromatic carbocycles. The number of rotatable bonds is 3. The number of carbonyl (C=O) groups excluding carboxylic acids is 1. The molecule has 0 radical (unpaired) electrons. The number of nitrogens with one attached hydrogen (secondary N) is 1. The molecule has 2 rings (SSSR count). The molecule has 0 saturated carbocycles. The maximum absolute atomic E-state index is 11.5. The number of hydrogen-bond acceptors (Lipinski definition) is 5. The van der Waals surface area contributed by atoms with Crippen molar-refractivity contribution in [3.63, 3.8) is 0 Å². The van der Waals surface area contributed by atoms with Gasteiger partial charge in [0.2, 0.25) is 5.95 Å². The Morgan fingerprint density at radius 2 is 2.16 bits per heavy atom. The lowest BCUT2D eigenvalue weighted by Crippen LogP contribution is -2.04. The Hall–Kier alpha value is -2.14. The zero-order valence-electron chi connectivity index (χ0n) is 10.5. The summed E-state index contributed by atoms with van der Waals surface area (Å²) >= 11 is 5.94. The average molecular weight is 278 g/mol. The van der Waals surface area contributed by atoms with Crippen LogP contribution in [0.25, 0.3) is 0 Å². The molecular weight excluding hydrogens is 266 g/mol. The first-order valence-electron chi connectivity index (χ1n) is 5.54. The summed E-state index contributed by atoms with van der Waals surface area (Å²) < 4.78 is 4.66. The zero-order valence-corrected chi connectivity index (χ0v) is 11.2. The van der Waals surface area contributed by atoms with Gasteiger partial charge in [-0.05, 0) is 31.2 Å². The number of hydrogen-bond donors (Lipinski definition) is 1. The minimum atomic E-state index is -0.487. The highest BCUT2D eigenvalue weighted by atomic mass is 35.5. The number of halogens is 1. The highest BCUT2D eigenvalue weighted by Crippen LogP contribution is 2.22. The third-order valence-corrected chi connectivity index (χ3v) is 2.75. The van der Waals surface area contributed by atoms with Crippen molar-refractivity contribution in [1.29, 1.82) is 0 Å². The van der Waals surface area contributed by atoms with Crippen LogP contribution in [0.15, 0.2) is 30.5 Å². The number of benzene rings is 1. The first-order valence-corrected chi connectivity index (χ1v) is 5.92. The van der Waals surface area contributed by atoms with Crippen molar-refractivity contribution >= 4 is 29.2 Å². The van der Waals surface area contributed by atoms with Crippen LogP contribution < -0.4 is 5.32 Å². The molecule has 0 aliphatic carbocycles. The van der Waals surface area contributed by atoms with E-state index in [1.54, 1.807) is 30.5 Å². The van der Waals surface area contributed by atoms with Gasteiger partial charge in [0.15, 0.2) is 0 Å². The number of esters is 1. The number of ether oxygens (including phenoxy) is 1. The van der Waals surface area contributed by atoms with Crippen LogP contribution >= 0.6 is 11.6 Å². The Balaban J connectivity index is 2.29. The molecule has 2 aromatic rings. The maximum Gasteiger partial charge on any atom is 0.339 e. The lowest BCUT2D eigenvalue weighted by atomic mass is 10.2. The summed E-state index contributed by atoms with van der Waals surface area (Å²) in [6.07, 6.45) is 1.65. The third kappa shape index (κ3) is 3.20. The van der Waals surface area contributed by atoms with Gasteiger partial charge in [0.05, 0.1) is 17.7 Å². The quantitative estimate of drug-likeness (QED) is 0.874. The van der Waals surface area contributed by atoms with Crippen molar-refractivity contribution in [3.8, 4) is 0 Å². The summed E-state index contributed by atoms with van der Waals surface area (Å²) in [5, 5.41) is 3.34. The van der Waals surface area contributed by atoms with E-state index in [9.17, 15) is 4.79 Å². The van der Waals surface area contributed by atoms with Crippen molar-refractivity contribution in [2.24, 2.45) is 0 Å². The summed E-state index contributed by atoms with van der Waals surface area (Å²) in [4.78, 5) is 19.8. The van der Waals surface area contributed by atoms with E-state index in [4.69, 9.17) is 11.6 Å². The normalized spacial score (nSPS) is 10.1. The minimum absolute atomic E-state index is 0.293. The molecule has 5 nitrogen and oxygen atoms in total. The van der Waals surface area contributed by atoms with Crippen LogP contribution in [0.5, 0.6) is 0 Å². The lowest BCUT2D eigenvalue weighted by molar-refractivity contribution is 0.0601. The largest absolute Gasteiger partial charge is 0.465 e. The molecule has 1 N–H and O–H groups in total. The Morgan fingerprint density at radius 1 is 1.37 bits per heavy atom. The van der Waals surface area contributed by atoms with Crippen molar-refractivity contribution in [1.82, 2.24) is 9.97 Å². The SMILES string of the molecule is COC(=O)c1cc(Nc2nccc(C)n2)ccc1Cl. The van der Waals surface area contributed by atoms with E-state index in [0.29, 0.717) is 22.2 Å². The summed E-state index contributed by atoms with van der Waals surface area (Å²) in [5.74, 6) is -0.0306. The van der Waals surface area contributed by atoms with Crippen molar-refractivity contribution in [3.05, 3.63) is 46.7 Å². The van der Waals surface area contributed by atoms with Gasteiger partial charge in [-0.15, -0.1) is 0 Å². The molecule has 0 fully saturated rings. The Labute approximate surface area is 115 Å². The highest BCUT2D eigenvalue weighted by molar-refractivity contribution is 6.33. The smallest absolute Gasteiger partial charge is 0.339 e. The van der Waals surface area contributed by atoms with Crippen molar-refractivity contribution in [2.75, 3.05) is 12.4 Å². The number of aryl methyl sites for hydroxylation is 1. The van der Waals surface area contributed by atoms with Gasteiger partial charge in [-0.1, -0.05) is 11.6 Å². The van der Waals surface area contributed by atoms with Gasteiger partial charge < -0.3 is 10.1 Å². The van der Waals surface area contributed by atoms with E-state index in [1.807, 2.05) is 6.92 Å². The predicted octanol–water partition coefficient (Wildman–Crippen LogP) is 2.97. The number of methoxy groups -OCH3 is 1. The van der Waals surface area contributed by atoms with Crippen LogP contribution in [-0.4, -0.2) is 23.0 Å². The number of aromatic nitrogens is 2. The molecule has 0 saturated heterocycles. The van der Waals surface area contributed by atoms with Gasteiger partial charge in [0.1, 0.15) is 0 Å². The molecule has 6 heteroatoms. The van der Waals surface area contributed by atoms with Gasteiger partial charge in [-0.25, -0.2) is 14.8 Å². The third-order valence-electron chi connectivity index (χ3n) is 2.42. The fourth-order valence-corrected chi connectivity index (χ4v) is 1.70. The van der Waals surface area contributed by atoms with Crippen LogP contribution in [0.4, 0.5) is 11.6 Å². The second-order valence-electron chi connectivity index (χ2n) is 3.83. The first-order chi connectivity index (χ1) is 9.10. The Morgan fingerprint density at radius 3 is 2.84 bits per heavy atom. The van der Waals surface area contributed by atoms with Crippen molar-refractivity contribution in [2.45, 2.75) is 6.92 Å². The van der Waals surface area contributed by atoms with Crippen molar-refractivity contribution < 1.29 is 9.53 Å². The van der Waals surface area contributed by atoms with Gasteiger partial charge >= 0.3 is 5.97 Å². The zero-order chi connectivity index (χ0) is 13.8. The van der Waals surface area contributed by atoms with E-state index in [0.717, 1.165) is 5.69 Å². The summed E-state index contributed by atoms with van der Waals surface area (Å²) in [6.45, 7) is 1.87. The number of anilines is 2. The molecule has 0 atom stereocenters. The van der Waals surface area contributed by atoms with E-state index >= 15 is 0 Å². The molecule has 0 amide bonds. The summed E-state index contributed by atoms with van der Waals surface area (Å²) in [7, 11) is 1.31. The number of nitrogens with zero attached hydrogens (tertiary/aromatic N) is 2. The Kier molecular flexibility index (Phi) is 3.97. The molecular formula is C13H12ClN3O2. The van der Waals surface area contributed by atoms with Gasteiger partial charge in [-0.3, -0.25) is 0 Å². The van der Waals surface area contributed by atoms with E-state index in [1.165, 1.54) is 7.11 Å². The second kappa shape index (κ2) is 5.67. The first kappa shape index (κ1) is 13.3. The van der Waals surface area contributed by atoms with Crippen LogP contribution in [-0.2, 0) is 4.74 Å².